The van der Waals surface area contributed by atoms with Gasteiger partial charge in [0.1, 0.15) is 0 Å². The monoisotopic (exact) mass is 392 g/mol. The molecule has 3 heterocycles. The first-order valence-electron chi connectivity index (χ1n) is 9.44. The highest BCUT2D eigenvalue weighted by molar-refractivity contribution is 5.76. The molecule has 1 spiro atoms. The Morgan fingerprint density at radius 3 is 2.46 bits per heavy atom. The van der Waals surface area contributed by atoms with Gasteiger partial charge in [-0.05, 0) is 42.4 Å². The van der Waals surface area contributed by atoms with E-state index < -0.39 is 11.7 Å². The Morgan fingerprint density at radius 2 is 1.86 bits per heavy atom. The van der Waals surface area contributed by atoms with Gasteiger partial charge in [0.2, 0.25) is 0 Å². The van der Waals surface area contributed by atoms with E-state index in [9.17, 15) is 18.0 Å². The van der Waals surface area contributed by atoms with Crippen LogP contribution in [0.5, 0.6) is 0 Å². The maximum absolute atomic E-state index is 13.2. The highest BCUT2D eigenvalue weighted by Gasteiger charge is 2.46. The van der Waals surface area contributed by atoms with Gasteiger partial charge in [-0.15, -0.1) is 0 Å². The van der Waals surface area contributed by atoms with Gasteiger partial charge in [0.15, 0.2) is 0 Å². The number of halogens is 3. The summed E-state index contributed by atoms with van der Waals surface area (Å²) in [6, 6.07) is 5.67. The van der Waals surface area contributed by atoms with E-state index in [2.05, 4.69) is 10.00 Å². The molecule has 2 aliphatic rings. The highest BCUT2D eigenvalue weighted by atomic mass is 19.4. The minimum absolute atomic E-state index is 0.113. The fourth-order valence-corrected chi connectivity index (χ4v) is 4.34. The van der Waals surface area contributed by atoms with Gasteiger partial charge < -0.3 is 4.90 Å². The fourth-order valence-electron chi connectivity index (χ4n) is 4.34. The lowest BCUT2D eigenvalue weighted by Crippen LogP contribution is -2.60. The lowest BCUT2D eigenvalue weighted by molar-refractivity contribution is -0.139. The Hall–Kier alpha value is -2.35. The van der Waals surface area contributed by atoms with Crippen molar-refractivity contribution in [2.45, 2.75) is 32.5 Å². The molecule has 0 bridgehead atoms. The number of rotatable bonds is 2. The number of piperidine rings is 1. The molecule has 0 saturated carbocycles. The van der Waals surface area contributed by atoms with E-state index in [0.29, 0.717) is 25.2 Å². The molecule has 5 nitrogen and oxygen atoms in total. The molecule has 0 radical (unpaired) electrons. The number of nitrogens with zero attached hydrogens (tertiary/aromatic N) is 4. The first-order chi connectivity index (χ1) is 13.3. The second kappa shape index (κ2) is 6.92. The molecule has 1 amide bonds. The van der Waals surface area contributed by atoms with Crippen molar-refractivity contribution in [3.05, 3.63) is 53.3 Å². The summed E-state index contributed by atoms with van der Waals surface area (Å²) in [5.41, 5.74) is 0.831. The van der Waals surface area contributed by atoms with Crippen LogP contribution in [0.15, 0.2) is 36.7 Å². The van der Waals surface area contributed by atoms with Crippen LogP contribution in [0.1, 0.15) is 29.5 Å². The van der Waals surface area contributed by atoms with Crippen LogP contribution in [0, 0.1) is 12.3 Å². The predicted molar refractivity (Wildman–Crippen MR) is 97.7 cm³/mol. The molecular weight excluding hydrogens is 369 g/mol. The molecule has 28 heavy (non-hydrogen) atoms. The summed E-state index contributed by atoms with van der Waals surface area (Å²) >= 11 is 0. The maximum atomic E-state index is 13.2. The average Bonchev–Trinajstić information content (AvgIpc) is 3.06. The molecular formula is C20H23F3N4O. The van der Waals surface area contributed by atoms with Crippen LogP contribution in [0.3, 0.4) is 0 Å². The van der Waals surface area contributed by atoms with Crippen LogP contribution in [0.4, 0.5) is 18.0 Å². The van der Waals surface area contributed by atoms with Gasteiger partial charge in [0.25, 0.3) is 0 Å². The smallest absolute Gasteiger partial charge is 0.323 e. The molecule has 4 rings (SSSR count). The summed E-state index contributed by atoms with van der Waals surface area (Å²) in [6.45, 7) is 5.08. The fraction of sp³-hybridized carbons (Fsp3) is 0.500. The summed E-state index contributed by atoms with van der Waals surface area (Å²) in [4.78, 5) is 16.4. The van der Waals surface area contributed by atoms with E-state index in [1.807, 2.05) is 6.92 Å². The molecule has 2 aromatic rings. The number of benzene rings is 1. The van der Waals surface area contributed by atoms with Gasteiger partial charge in [-0.3, -0.25) is 4.90 Å². The molecule has 2 fully saturated rings. The maximum Gasteiger partial charge on any atom is 0.416 e. The third-order valence-electron chi connectivity index (χ3n) is 5.84. The van der Waals surface area contributed by atoms with Gasteiger partial charge in [0.05, 0.1) is 11.8 Å². The van der Waals surface area contributed by atoms with Crippen LogP contribution in [-0.4, -0.2) is 51.8 Å². The van der Waals surface area contributed by atoms with Crippen molar-refractivity contribution >= 4 is 6.03 Å². The SMILES string of the molecule is Cc1cnn(C(=O)N2CCC3(CC2)CN(Cc2ccccc2C(F)(F)F)C3)c1. The molecule has 0 atom stereocenters. The van der Waals surface area contributed by atoms with Crippen molar-refractivity contribution in [1.29, 1.82) is 0 Å². The van der Waals surface area contributed by atoms with Crippen LogP contribution in [-0.2, 0) is 12.7 Å². The number of hydrogen-bond acceptors (Lipinski definition) is 3. The van der Waals surface area contributed by atoms with Gasteiger partial charge in [0, 0.05) is 38.9 Å². The van der Waals surface area contributed by atoms with Crippen LogP contribution in [0.25, 0.3) is 0 Å². The Balaban J connectivity index is 1.32. The zero-order valence-corrected chi connectivity index (χ0v) is 15.7. The first kappa shape index (κ1) is 19.0. The normalized spacial score (nSPS) is 19.6. The van der Waals surface area contributed by atoms with Crippen LogP contribution < -0.4 is 0 Å². The standard InChI is InChI=1S/C20H23F3N4O/c1-15-10-24-27(11-15)18(28)26-8-6-19(7-9-26)13-25(14-19)12-16-4-2-3-5-17(16)20(21,22)23/h2-5,10-11H,6-9,12-14H2,1H3. The van der Waals surface area contributed by atoms with Gasteiger partial charge >= 0.3 is 12.2 Å². The summed E-state index contributed by atoms with van der Waals surface area (Å²) in [5.74, 6) is 0. The summed E-state index contributed by atoms with van der Waals surface area (Å²) < 4.78 is 40.9. The van der Waals surface area contributed by atoms with E-state index in [0.717, 1.165) is 37.6 Å². The van der Waals surface area contributed by atoms with Crippen molar-refractivity contribution in [2.75, 3.05) is 26.2 Å². The lowest BCUT2D eigenvalue weighted by Gasteiger charge is -2.54. The topological polar surface area (TPSA) is 41.4 Å². The molecule has 1 aromatic heterocycles. The van der Waals surface area contributed by atoms with Gasteiger partial charge in [-0.1, -0.05) is 18.2 Å². The van der Waals surface area contributed by atoms with E-state index in [1.54, 1.807) is 29.4 Å². The number of carbonyl (C=O) groups is 1. The number of hydrogen-bond donors (Lipinski definition) is 0. The largest absolute Gasteiger partial charge is 0.416 e. The van der Waals surface area contributed by atoms with Crippen molar-refractivity contribution < 1.29 is 18.0 Å². The molecule has 150 valence electrons. The Bertz CT molecular complexity index is 860. The Labute approximate surface area is 161 Å². The molecule has 0 aliphatic carbocycles. The Morgan fingerprint density at radius 1 is 1.18 bits per heavy atom. The average molecular weight is 392 g/mol. The zero-order chi connectivity index (χ0) is 19.9. The third kappa shape index (κ3) is 3.65. The van der Waals surface area contributed by atoms with Gasteiger partial charge in [-0.2, -0.15) is 23.0 Å². The van der Waals surface area contributed by atoms with Gasteiger partial charge in [-0.25, -0.2) is 4.79 Å². The second-order valence-electron chi connectivity index (χ2n) is 8.03. The molecule has 8 heteroatoms. The van der Waals surface area contributed by atoms with E-state index in [4.69, 9.17) is 0 Å². The van der Waals surface area contributed by atoms with E-state index in [1.165, 1.54) is 10.7 Å². The predicted octanol–water partition coefficient (Wildman–Crippen LogP) is 3.78. The lowest BCUT2D eigenvalue weighted by atomic mass is 9.72. The minimum Gasteiger partial charge on any atom is -0.323 e. The minimum atomic E-state index is -4.32. The van der Waals surface area contributed by atoms with Crippen LogP contribution in [0.2, 0.25) is 0 Å². The number of amides is 1. The molecule has 0 N–H and O–H groups in total. The number of alkyl halides is 3. The van der Waals surface area contributed by atoms with Crippen molar-refractivity contribution in [2.24, 2.45) is 5.41 Å². The summed E-state index contributed by atoms with van der Waals surface area (Å²) in [6.07, 6.45) is 0.796. The number of aromatic nitrogens is 2. The summed E-state index contributed by atoms with van der Waals surface area (Å²) in [7, 11) is 0. The summed E-state index contributed by atoms with van der Waals surface area (Å²) in [5, 5.41) is 4.07. The van der Waals surface area contributed by atoms with Crippen LogP contribution >= 0.6 is 0 Å². The number of aryl methyl sites for hydroxylation is 1. The van der Waals surface area contributed by atoms with Crippen molar-refractivity contribution in [1.82, 2.24) is 19.6 Å². The van der Waals surface area contributed by atoms with Crippen molar-refractivity contribution in [3.8, 4) is 0 Å². The van der Waals surface area contributed by atoms with Crippen molar-refractivity contribution in [3.63, 3.8) is 0 Å². The number of carbonyl (C=O) groups excluding carboxylic acids is 1. The highest BCUT2D eigenvalue weighted by Crippen LogP contribution is 2.42. The molecule has 2 aliphatic heterocycles. The zero-order valence-electron chi connectivity index (χ0n) is 15.7. The number of likely N-dealkylation sites (tertiary alicyclic amines) is 2. The quantitative estimate of drug-likeness (QED) is 0.781. The molecule has 2 saturated heterocycles. The Kier molecular flexibility index (Phi) is 4.69. The van der Waals surface area contributed by atoms with E-state index >= 15 is 0 Å². The molecule has 0 unspecified atom stereocenters. The van der Waals surface area contributed by atoms with E-state index in [-0.39, 0.29) is 11.4 Å². The second-order valence-corrected chi connectivity index (χ2v) is 8.03. The third-order valence-corrected chi connectivity index (χ3v) is 5.84. The molecule has 1 aromatic carbocycles. The first-order valence-corrected chi connectivity index (χ1v) is 9.44.